The third-order valence-corrected chi connectivity index (χ3v) is 3.48. The average Bonchev–Trinajstić information content (AvgIpc) is 2.54. The molecule has 90 valence electrons. The smallest absolute Gasteiger partial charge is 0.259 e. The number of non-ortho nitro benzene ring substituents is 1. The highest BCUT2D eigenvalue weighted by Crippen LogP contribution is 2.29. The number of nitrogens with zero attached hydrogens (tertiary/aromatic N) is 2. The fourth-order valence-electron chi connectivity index (χ4n) is 1.23. The molecule has 0 saturated carbocycles. The SMILES string of the molecule is CS(=O)(=O)Nc1nc2ccc([N+](=O)[O-])cc2s1. The molecule has 0 fully saturated rings. The predicted octanol–water partition coefficient (Wildman–Crippen LogP) is 1.58. The normalized spacial score (nSPS) is 11.6. The summed E-state index contributed by atoms with van der Waals surface area (Å²) >= 11 is 1.05. The average molecular weight is 273 g/mol. The lowest BCUT2D eigenvalue weighted by atomic mass is 10.3. The van der Waals surface area contributed by atoms with Crippen molar-refractivity contribution in [1.29, 1.82) is 0 Å². The van der Waals surface area contributed by atoms with Gasteiger partial charge >= 0.3 is 0 Å². The minimum absolute atomic E-state index is 0.0490. The summed E-state index contributed by atoms with van der Waals surface area (Å²) in [7, 11) is -3.39. The van der Waals surface area contributed by atoms with E-state index in [2.05, 4.69) is 9.71 Å². The molecule has 0 aliphatic carbocycles. The van der Waals surface area contributed by atoms with Crippen molar-refractivity contribution >= 4 is 42.4 Å². The summed E-state index contributed by atoms with van der Waals surface area (Å²) in [6.45, 7) is 0. The molecule has 9 heteroatoms. The highest BCUT2D eigenvalue weighted by molar-refractivity contribution is 7.92. The molecule has 0 amide bonds. The number of nitrogens with one attached hydrogen (secondary N) is 1. The minimum Gasteiger partial charge on any atom is -0.259 e. The molecule has 17 heavy (non-hydrogen) atoms. The summed E-state index contributed by atoms with van der Waals surface area (Å²) in [6, 6.07) is 4.17. The fraction of sp³-hybridized carbons (Fsp3) is 0.125. The number of rotatable bonds is 3. The molecule has 1 aromatic carbocycles. The van der Waals surface area contributed by atoms with Crippen LogP contribution in [0.2, 0.25) is 0 Å². The lowest BCUT2D eigenvalue weighted by molar-refractivity contribution is -0.384. The van der Waals surface area contributed by atoms with Crippen molar-refractivity contribution in [2.45, 2.75) is 0 Å². The van der Waals surface area contributed by atoms with E-state index in [0.717, 1.165) is 17.6 Å². The number of hydrogen-bond acceptors (Lipinski definition) is 6. The van der Waals surface area contributed by atoms with E-state index in [1.54, 1.807) is 0 Å². The van der Waals surface area contributed by atoms with Crippen molar-refractivity contribution in [1.82, 2.24) is 4.98 Å². The Morgan fingerprint density at radius 3 is 2.76 bits per heavy atom. The summed E-state index contributed by atoms with van der Waals surface area (Å²) in [5.41, 5.74) is 0.471. The Kier molecular flexibility index (Phi) is 2.71. The van der Waals surface area contributed by atoms with Crippen molar-refractivity contribution in [3.05, 3.63) is 28.3 Å². The van der Waals surface area contributed by atoms with E-state index in [1.807, 2.05) is 0 Å². The van der Waals surface area contributed by atoms with Gasteiger partial charge < -0.3 is 0 Å². The zero-order valence-corrected chi connectivity index (χ0v) is 10.2. The van der Waals surface area contributed by atoms with E-state index in [9.17, 15) is 18.5 Å². The summed E-state index contributed by atoms with van der Waals surface area (Å²) < 4.78 is 24.8. The molecule has 0 spiro atoms. The lowest BCUT2D eigenvalue weighted by Gasteiger charge is -1.95. The number of thiazole rings is 1. The molecule has 0 atom stereocenters. The van der Waals surface area contributed by atoms with Crippen LogP contribution >= 0.6 is 11.3 Å². The van der Waals surface area contributed by atoms with E-state index in [1.165, 1.54) is 18.2 Å². The third kappa shape index (κ3) is 2.68. The Hall–Kier alpha value is -1.74. The number of nitro groups is 1. The van der Waals surface area contributed by atoms with Gasteiger partial charge in [-0.05, 0) is 6.07 Å². The number of nitro benzene ring substituents is 1. The Morgan fingerprint density at radius 2 is 2.18 bits per heavy atom. The molecule has 0 bridgehead atoms. The van der Waals surface area contributed by atoms with Crippen LogP contribution in [0.15, 0.2) is 18.2 Å². The molecular weight excluding hydrogens is 266 g/mol. The summed E-state index contributed by atoms with van der Waals surface area (Å²) in [6.07, 6.45) is 1.02. The Balaban J connectivity index is 2.47. The maximum atomic E-state index is 11.0. The number of hydrogen-bond donors (Lipinski definition) is 1. The van der Waals surface area contributed by atoms with Gasteiger partial charge in [0.2, 0.25) is 10.0 Å². The molecule has 0 aliphatic heterocycles. The molecule has 7 nitrogen and oxygen atoms in total. The number of fused-ring (bicyclic) bond motifs is 1. The second kappa shape index (κ2) is 3.93. The van der Waals surface area contributed by atoms with Gasteiger partial charge in [-0.1, -0.05) is 11.3 Å². The molecule has 1 heterocycles. The second-order valence-electron chi connectivity index (χ2n) is 3.30. The van der Waals surface area contributed by atoms with Crippen molar-refractivity contribution in [2.24, 2.45) is 0 Å². The largest absolute Gasteiger partial charge is 0.270 e. The van der Waals surface area contributed by atoms with Gasteiger partial charge in [0.05, 0.1) is 21.4 Å². The molecule has 1 aromatic heterocycles. The Labute approximate surface area is 100 Å². The maximum Gasteiger partial charge on any atom is 0.270 e. The van der Waals surface area contributed by atoms with Gasteiger partial charge in [0.25, 0.3) is 5.69 Å². The first-order chi connectivity index (χ1) is 7.85. The number of benzene rings is 1. The third-order valence-electron chi connectivity index (χ3n) is 1.86. The zero-order valence-electron chi connectivity index (χ0n) is 8.58. The van der Waals surface area contributed by atoms with E-state index in [0.29, 0.717) is 10.2 Å². The summed E-state index contributed by atoms with van der Waals surface area (Å²) in [5.74, 6) is 0. The van der Waals surface area contributed by atoms with E-state index < -0.39 is 14.9 Å². The Morgan fingerprint density at radius 1 is 1.47 bits per heavy atom. The maximum absolute atomic E-state index is 11.0. The molecule has 0 radical (unpaired) electrons. The topological polar surface area (TPSA) is 102 Å². The van der Waals surface area contributed by atoms with Gasteiger partial charge in [0.15, 0.2) is 5.13 Å². The first-order valence-electron chi connectivity index (χ1n) is 4.38. The van der Waals surface area contributed by atoms with Crippen molar-refractivity contribution < 1.29 is 13.3 Å². The van der Waals surface area contributed by atoms with E-state index >= 15 is 0 Å². The molecule has 0 aliphatic rings. The zero-order chi connectivity index (χ0) is 12.6. The van der Waals surface area contributed by atoms with Crippen LogP contribution in [0.4, 0.5) is 10.8 Å². The van der Waals surface area contributed by atoms with E-state index in [4.69, 9.17) is 0 Å². The van der Waals surface area contributed by atoms with Crippen LogP contribution in [0.5, 0.6) is 0 Å². The lowest BCUT2D eigenvalue weighted by Crippen LogP contribution is -2.08. The highest BCUT2D eigenvalue weighted by Gasteiger charge is 2.12. The first-order valence-corrected chi connectivity index (χ1v) is 7.09. The van der Waals surface area contributed by atoms with Gasteiger partial charge in [-0.2, -0.15) is 0 Å². The molecule has 2 aromatic rings. The van der Waals surface area contributed by atoms with Crippen LogP contribution in [0.3, 0.4) is 0 Å². The number of anilines is 1. The van der Waals surface area contributed by atoms with Gasteiger partial charge in [-0.3, -0.25) is 14.8 Å². The van der Waals surface area contributed by atoms with E-state index in [-0.39, 0.29) is 10.8 Å². The molecule has 0 unspecified atom stereocenters. The van der Waals surface area contributed by atoms with Gasteiger partial charge in [-0.15, -0.1) is 0 Å². The monoisotopic (exact) mass is 273 g/mol. The van der Waals surface area contributed by atoms with Gasteiger partial charge in [0.1, 0.15) is 0 Å². The van der Waals surface area contributed by atoms with Crippen LogP contribution in [0, 0.1) is 10.1 Å². The highest BCUT2D eigenvalue weighted by atomic mass is 32.2. The van der Waals surface area contributed by atoms with Crippen LogP contribution in [-0.2, 0) is 10.0 Å². The molecule has 1 N–H and O–H groups in total. The fourth-order valence-corrected chi connectivity index (χ4v) is 2.96. The summed E-state index contributed by atoms with van der Waals surface area (Å²) in [5, 5.41) is 10.8. The number of aromatic nitrogens is 1. The molecule has 2 rings (SSSR count). The standard InChI is InChI=1S/C8H7N3O4S2/c1-17(14,15)10-8-9-6-3-2-5(11(12)13)4-7(6)16-8/h2-4H,1H3,(H,9,10). The molecule has 0 saturated heterocycles. The second-order valence-corrected chi connectivity index (χ2v) is 6.08. The van der Waals surface area contributed by atoms with Crippen molar-refractivity contribution in [3.63, 3.8) is 0 Å². The van der Waals surface area contributed by atoms with Crippen molar-refractivity contribution in [2.75, 3.05) is 11.0 Å². The van der Waals surface area contributed by atoms with Crippen LogP contribution < -0.4 is 4.72 Å². The minimum atomic E-state index is -3.39. The van der Waals surface area contributed by atoms with Gasteiger partial charge in [0, 0.05) is 12.1 Å². The first kappa shape index (κ1) is 11.7. The van der Waals surface area contributed by atoms with Crippen LogP contribution in [-0.4, -0.2) is 24.6 Å². The van der Waals surface area contributed by atoms with Crippen molar-refractivity contribution in [3.8, 4) is 0 Å². The van der Waals surface area contributed by atoms with Gasteiger partial charge in [-0.25, -0.2) is 13.4 Å². The Bertz CT molecular complexity index is 692. The quantitative estimate of drug-likeness (QED) is 0.675. The summed E-state index contributed by atoms with van der Waals surface area (Å²) in [4.78, 5) is 14.1. The number of sulfonamides is 1. The van der Waals surface area contributed by atoms with Crippen LogP contribution in [0.25, 0.3) is 10.2 Å². The predicted molar refractivity (Wildman–Crippen MR) is 64.7 cm³/mol. The molecular formula is C8H7N3O4S2. The van der Waals surface area contributed by atoms with Crippen LogP contribution in [0.1, 0.15) is 0 Å².